The molecular weight excluding hydrogens is 140 g/mol. The van der Waals surface area contributed by atoms with Crippen LogP contribution in [0.15, 0.2) is 12.7 Å². The van der Waals surface area contributed by atoms with Crippen LogP contribution in [0, 0.1) is 11.8 Å². The standard InChI is InChI=1S/C8H12N2O/c1-3-6-10(2)7-4-5-8(9)11/h3H,1,6-7H2,2H3,(H2,9,11). The zero-order valence-corrected chi connectivity index (χ0v) is 6.63. The molecule has 0 bridgehead atoms. The lowest BCUT2D eigenvalue weighted by Gasteiger charge is -2.07. The van der Waals surface area contributed by atoms with Crippen molar-refractivity contribution in [2.45, 2.75) is 0 Å². The molecule has 0 atom stereocenters. The fourth-order valence-corrected chi connectivity index (χ4v) is 0.547. The second-order valence-corrected chi connectivity index (χ2v) is 2.15. The van der Waals surface area contributed by atoms with Crippen molar-refractivity contribution >= 4 is 5.91 Å². The molecule has 1 amide bonds. The Morgan fingerprint density at radius 1 is 1.82 bits per heavy atom. The number of carbonyl (C=O) groups excluding carboxylic acids is 1. The maximum atomic E-state index is 10.1. The Labute approximate surface area is 66.9 Å². The molecule has 3 nitrogen and oxygen atoms in total. The van der Waals surface area contributed by atoms with E-state index in [4.69, 9.17) is 5.73 Å². The minimum atomic E-state index is -0.586. The zero-order chi connectivity index (χ0) is 8.69. The van der Waals surface area contributed by atoms with Crippen LogP contribution >= 0.6 is 0 Å². The van der Waals surface area contributed by atoms with Crippen LogP contribution in [-0.4, -0.2) is 30.9 Å². The van der Waals surface area contributed by atoms with E-state index in [-0.39, 0.29) is 0 Å². The lowest BCUT2D eigenvalue weighted by atomic mass is 10.5. The average Bonchev–Trinajstić information content (AvgIpc) is 1.87. The smallest absolute Gasteiger partial charge is 0.293 e. The highest BCUT2D eigenvalue weighted by Crippen LogP contribution is 1.78. The fourth-order valence-electron chi connectivity index (χ4n) is 0.547. The van der Waals surface area contributed by atoms with Crippen LogP contribution in [0.3, 0.4) is 0 Å². The van der Waals surface area contributed by atoms with Gasteiger partial charge in [-0.15, -0.1) is 6.58 Å². The van der Waals surface area contributed by atoms with Gasteiger partial charge in [0.1, 0.15) is 0 Å². The molecule has 0 unspecified atom stereocenters. The summed E-state index contributed by atoms with van der Waals surface area (Å²) in [6, 6.07) is 0. The number of primary amides is 1. The summed E-state index contributed by atoms with van der Waals surface area (Å²) in [5.41, 5.74) is 4.80. The van der Waals surface area contributed by atoms with Crippen LogP contribution < -0.4 is 5.73 Å². The van der Waals surface area contributed by atoms with Crippen LogP contribution in [0.4, 0.5) is 0 Å². The van der Waals surface area contributed by atoms with Gasteiger partial charge in [-0.2, -0.15) is 0 Å². The topological polar surface area (TPSA) is 46.3 Å². The van der Waals surface area contributed by atoms with Crippen LogP contribution in [0.25, 0.3) is 0 Å². The number of carbonyl (C=O) groups is 1. The molecule has 0 aromatic heterocycles. The van der Waals surface area contributed by atoms with E-state index in [1.165, 1.54) is 0 Å². The van der Waals surface area contributed by atoms with Gasteiger partial charge in [0.05, 0.1) is 6.54 Å². The average molecular weight is 152 g/mol. The van der Waals surface area contributed by atoms with Crippen molar-refractivity contribution in [3.63, 3.8) is 0 Å². The highest BCUT2D eigenvalue weighted by atomic mass is 16.1. The van der Waals surface area contributed by atoms with Gasteiger partial charge in [-0.1, -0.05) is 12.0 Å². The summed E-state index contributed by atoms with van der Waals surface area (Å²) in [6.45, 7) is 4.86. The van der Waals surface area contributed by atoms with Crippen molar-refractivity contribution in [3.8, 4) is 11.8 Å². The fraction of sp³-hybridized carbons (Fsp3) is 0.375. The summed E-state index contributed by atoms with van der Waals surface area (Å²) in [5, 5.41) is 0. The second kappa shape index (κ2) is 5.51. The molecular formula is C8H12N2O. The molecule has 0 heterocycles. The van der Waals surface area contributed by atoms with Gasteiger partial charge in [0.2, 0.25) is 0 Å². The molecule has 0 saturated heterocycles. The van der Waals surface area contributed by atoms with Crippen molar-refractivity contribution in [3.05, 3.63) is 12.7 Å². The molecule has 60 valence electrons. The first-order chi connectivity index (χ1) is 5.16. The molecule has 0 aromatic rings. The van der Waals surface area contributed by atoms with Gasteiger partial charge in [0.25, 0.3) is 5.91 Å². The number of nitrogens with zero attached hydrogens (tertiary/aromatic N) is 1. The molecule has 11 heavy (non-hydrogen) atoms. The largest absolute Gasteiger partial charge is 0.359 e. The molecule has 0 aliphatic carbocycles. The molecule has 0 aliphatic rings. The number of likely N-dealkylation sites (N-methyl/N-ethyl adjacent to an activating group) is 1. The Bertz CT molecular complexity index is 200. The summed E-state index contributed by atoms with van der Waals surface area (Å²) >= 11 is 0. The van der Waals surface area contributed by atoms with E-state index in [2.05, 4.69) is 18.4 Å². The molecule has 0 saturated carbocycles. The molecule has 0 aromatic carbocycles. The molecule has 3 heteroatoms. The number of hydrogen-bond acceptors (Lipinski definition) is 2. The zero-order valence-electron chi connectivity index (χ0n) is 6.63. The van der Waals surface area contributed by atoms with Crippen molar-refractivity contribution in [1.82, 2.24) is 4.90 Å². The van der Waals surface area contributed by atoms with Gasteiger partial charge >= 0.3 is 0 Å². The SMILES string of the molecule is C=CCN(C)CC#CC(N)=O. The Balaban J connectivity index is 3.62. The minimum Gasteiger partial charge on any atom is -0.359 e. The second-order valence-electron chi connectivity index (χ2n) is 2.15. The van der Waals surface area contributed by atoms with Crippen molar-refractivity contribution in [2.75, 3.05) is 20.1 Å². The summed E-state index contributed by atoms with van der Waals surface area (Å²) < 4.78 is 0. The first-order valence-electron chi connectivity index (χ1n) is 3.24. The van der Waals surface area contributed by atoms with E-state index in [0.717, 1.165) is 6.54 Å². The molecule has 0 radical (unpaired) electrons. The Morgan fingerprint density at radius 2 is 2.45 bits per heavy atom. The van der Waals surface area contributed by atoms with Crippen LogP contribution in [0.2, 0.25) is 0 Å². The first kappa shape index (κ1) is 9.73. The van der Waals surface area contributed by atoms with Gasteiger partial charge in [-0.3, -0.25) is 9.69 Å². The Morgan fingerprint density at radius 3 is 2.91 bits per heavy atom. The minimum absolute atomic E-state index is 0.537. The third-order valence-corrected chi connectivity index (χ3v) is 1.00. The van der Waals surface area contributed by atoms with Crippen molar-refractivity contribution < 1.29 is 4.79 Å². The third-order valence-electron chi connectivity index (χ3n) is 1.00. The van der Waals surface area contributed by atoms with E-state index in [0.29, 0.717) is 6.54 Å². The van der Waals surface area contributed by atoms with Gasteiger partial charge in [-0.05, 0) is 13.0 Å². The van der Waals surface area contributed by atoms with E-state index < -0.39 is 5.91 Å². The number of hydrogen-bond donors (Lipinski definition) is 1. The maximum Gasteiger partial charge on any atom is 0.293 e. The highest BCUT2D eigenvalue weighted by molar-refractivity contribution is 5.91. The number of amides is 1. The van der Waals surface area contributed by atoms with Gasteiger partial charge in [0, 0.05) is 6.54 Å². The lowest BCUT2D eigenvalue weighted by molar-refractivity contribution is -0.112. The predicted octanol–water partition coefficient (Wildman–Crippen LogP) is -0.407. The normalized spacial score (nSPS) is 8.55. The number of nitrogens with two attached hydrogens (primary N) is 1. The van der Waals surface area contributed by atoms with Crippen LogP contribution in [-0.2, 0) is 4.79 Å². The van der Waals surface area contributed by atoms with Gasteiger partial charge in [-0.25, -0.2) is 0 Å². The molecule has 0 aliphatic heterocycles. The summed E-state index contributed by atoms with van der Waals surface area (Å²) in [4.78, 5) is 12.1. The quantitative estimate of drug-likeness (QED) is 0.441. The highest BCUT2D eigenvalue weighted by Gasteiger charge is 1.88. The van der Waals surface area contributed by atoms with E-state index in [1.54, 1.807) is 6.08 Å². The van der Waals surface area contributed by atoms with E-state index in [9.17, 15) is 4.79 Å². The third kappa shape index (κ3) is 6.62. The lowest BCUT2D eigenvalue weighted by Crippen LogP contribution is -2.18. The molecule has 2 N–H and O–H groups in total. The molecule has 0 fully saturated rings. The van der Waals surface area contributed by atoms with Gasteiger partial charge < -0.3 is 5.73 Å². The first-order valence-corrected chi connectivity index (χ1v) is 3.24. The Hall–Kier alpha value is -1.27. The van der Waals surface area contributed by atoms with Gasteiger partial charge in [0.15, 0.2) is 0 Å². The maximum absolute atomic E-state index is 10.1. The molecule has 0 spiro atoms. The summed E-state index contributed by atoms with van der Waals surface area (Å²) in [7, 11) is 1.89. The number of rotatable bonds is 3. The Kier molecular flexibility index (Phi) is 4.87. The van der Waals surface area contributed by atoms with Crippen molar-refractivity contribution in [2.24, 2.45) is 5.73 Å². The van der Waals surface area contributed by atoms with Crippen LogP contribution in [0.5, 0.6) is 0 Å². The van der Waals surface area contributed by atoms with E-state index in [1.807, 2.05) is 11.9 Å². The monoisotopic (exact) mass is 152 g/mol. The predicted molar refractivity (Wildman–Crippen MR) is 44.7 cm³/mol. The molecule has 0 rings (SSSR count). The summed E-state index contributed by atoms with van der Waals surface area (Å²) in [6.07, 6.45) is 1.77. The van der Waals surface area contributed by atoms with Crippen LogP contribution in [0.1, 0.15) is 0 Å². The summed E-state index contributed by atoms with van der Waals surface area (Å²) in [5.74, 6) is 4.28. The van der Waals surface area contributed by atoms with Crippen molar-refractivity contribution in [1.29, 1.82) is 0 Å². The van der Waals surface area contributed by atoms with E-state index >= 15 is 0 Å².